The molecule has 1 aliphatic rings. The first-order valence-electron chi connectivity index (χ1n) is 6.30. The number of hydrogen-bond donors (Lipinski definition) is 1. The maximum atomic E-state index is 12.2. The molecule has 100 valence electrons. The summed E-state index contributed by atoms with van der Waals surface area (Å²) in [5.41, 5.74) is 0.835. The minimum atomic E-state index is -3.17. The summed E-state index contributed by atoms with van der Waals surface area (Å²) in [5.74, 6) is 0.374. The van der Waals surface area contributed by atoms with Crippen molar-refractivity contribution in [2.75, 3.05) is 5.75 Å². The van der Waals surface area contributed by atoms with Crippen molar-refractivity contribution >= 4 is 10.0 Å². The highest BCUT2D eigenvalue weighted by Gasteiger charge is 2.36. The van der Waals surface area contributed by atoms with E-state index in [1.54, 1.807) is 22.5 Å². The van der Waals surface area contributed by atoms with Crippen molar-refractivity contribution < 1.29 is 13.5 Å². The minimum absolute atomic E-state index is 0.156. The van der Waals surface area contributed by atoms with E-state index in [4.69, 9.17) is 0 Å². The molecule has 1 saturated carbocycles. The van der Waals surface area contributed by atoms with Crippen molar-refractivity contribution in [3.8, 4) is 5.75 Å². The van der Waals surface area contributed by atoms with E-state index in [0.717, 1.165) is 18.4 Å². The van der Waals surface area contributed by atoms with Crippen LogP contribution in [0.1, 0.15) is 31.7 Å². The molecule has 0 aromatic heterocycles. The van der Waals surface area contributed by atoms with Crippen LogP contribution >= 0.6 is 0 Å². The monoisotopic (exact) mass is 269 g/mol. The minimum Gasteiger partial charge on any atom is -0.508 e. The summed E-state index contributed by atoms with van der Waals surface area (Å²) in [5, 5.41) is 9.42. The van der Waals surface area contributed by atoms with Gasteiger partial charge >= 0.3 is 0 Å². The van der Waals surface area contributed by atoms with Gasteiger partial charge in [0.2, 0.25) is 10.0 Å². The molecule has 4 nitrogen and oxygen atoms in total. The maximum absolute atomic E-state index is 12.2. The van der Waals surface area contributed by atoms with E-state index >= 15 is 0 Å². The van der Waals surface area contributed by atoms with Crippen molar-refractivity contribution in [3.05, 3.63) is 29.8 Å². The van der Waals surface area contributed by atoms with Crippen LogP contribution in [0.4, 0.5) is 0 Å². The maximum Gasteiger partial charge on any atom is 0.214 e. The summed E-state index contributed by atoms with van der Waals surface area (Å²) in [6.07, 6.45) is 2.52. The van der Waals surface area contributed by atoms with E-state index in [9.17, 15) is 13.5 Å². The first-order valence-corrected chi connectivity index (χ1v) is 7.91. The third-order valence-electron chi connectivity index (χ3n) is 3.02. The van der Waals surface area contributed by atoms with Gasteiger partial charge in [-0.05, 0) is 37.0 Å². The van der Waals surface area contributed by atoms with E-state index in [1.807, 2.05) is 13.0 Å². The van der Waals surface area contributed by atoms with Gasteiger partial charge < -0.3 is 5.11 Å². The van der Waals surface area contributed by atoms with Gasteiger partial charge in [-0.25, -0.2) is 8.42 Å². The zero-order valence-corrected chi connectivity index (χ0v) is 11.4. The van der Waals surface area contributed by atoms with Crippen LogP contribution in [0.25, 0.3) is 0 Å². The molecule has 0 heterocycles. The molecule has 0 atom stereocenters. The number of benzene rings is 1. The van der Waals surface area contributed by atoms with Gasteiger partial charge in [-0.2, -0.15) is 4.31 Å². The quantitative estimate of drug-likeness (QED) is 0.860. The third-order valence-corrected chi connectivity index (χ3v) is 5.09. The Bertz CT molecular complexity index is 509. The molecule has 0 amide bonds. The van der Waals surface area contributed by atoms with Crippen molar-refractivity contribution in [2.24, 2.45) is 0 Å². The Labute approximate surface area is 108 Å². The molecule has 1 N–H and O–H groups in total. The molecular formula is C13H19NO3S. The molecule has 0 unspecified atom stereocenters. The molecule has 1 aliphatic carbocycles. The van der Waals surface area contributed by atoms with E-state index in [-0.39, 0.29) is 17.5 Å². The van der Waals surface area contributed by atoms with Crippen LogP contribution in [0.5, 0.6) is 5.75 Å². The lowest BCUT2D eigenvalue weighted by Crippen LogP contribution is -2.34. The number of phenols is 1. The van der Waals surface area contributed by atoms with Crippen molar-refractivity contribution in [3.63, 3.8) is 0 Å². The third kappa shape index (κ3) is 3.23. The fourth-order valence-corrected chi connectivity index (χ4v) is 3.79. The van der Waals surface area contributed by atoms with E-state index in [2.05, 4.69) is 0 Å². The smallest absolute Gasteiger partial charge is 0.214 e. The second kappa shape index (κ2) is 5.28. The first-order chi connectivity index (χ1) is 8.53. The molecule has 0 radical (unpaired) electrons. The summed E-state index contributed by atoms with van der Waals surface area (Å²) >= 11 is 0. The second-order valence-electron chi connectivity index (χ2n) is 4.76. The van der Waals surface area contributed by atoms with Crippen LogP contribution in [0.2, 0.25) is 0 Å². The van der Waals surface area contributed by atoms with Crippen LogP contribution in [-0.2, 0) is 16.6 Å². The molecule has 5 heteroatoms. The highest BCUT2D eigenvalue weighted by atomic mass is 32.2. The Morgan fingerprint density at radius 3 is 2.67 bits per heavy atom. The molecule has 1 aromatic carbocycles. The highest BCUT2D eigenvalue weighted by Crippen LogP contribution is 2.31. The number of phenolic OH excluding ortho intramolecular Hbond substituents is 1. The zero-order chi connectivity index (χ0) is 13.2. The van der Waals surface area contributed by atoms with Gasteiger partial charge in [0.1, 0.15) is 5.75 Å². The Morgan fingerprint density at radius 1 is 1.39 bits per heavy atom. The Kier molecular flexibility index (Phi) is 3.92. The molecule has 0 aliphatic heterocycles. The average molecular weight is 269 g/mol. The van der Waals surface area contributed by atoms with Gasteiger partial charge in [0, 0.05) is 12.6 Å². The number of hydrogen-bond acceptors (Lipinski definition) is 3. The van der Waals surface area contributed by atoms with E-state index in [1.165, 1.54) is 0 Å². The topological polar surface area (TPSA) is 57.6 Å². The molecule has 0 bridgehead atoms. The molecule has 2 rings (SSSR count). The summed E-state index contributed by atoms with van der Waals surface area (Å²) in [7, 11) is -3.17. The van der Waals surface area contributed by atoms with Crippen molar-refractivity contribution in [1.29, 1.82) is 0 Å². The number of aromatic hydroxyl groups is 1. The highest BCUT2D eigenvalue weighted by molar-refractivity contribution is 7.89. The standard InChI is InChI=1S/C13H19NO3S/c1-2-8-18(16,17)14(12-6-7-12)10-11-4-3-5-13(15)9-11/h3-5,9,12,15H,2,6-8,10H2,1H3. The van der Waals surface area contributed by atoms with Gasteiger partial charge in [-0.1, -0.05) is 19.1 Å². The number of sulfonamides is 1. The van der Waals surface area contributed by atoms with Gasteiger partial charge in [0.15, 0.2) is 0 Å². The van der Waals surface area contributed by atoms with Gasteiger partial charge in [-0.3, -0.25) is 0 Å². The number of rotatable bonds is 6. The van der Waals surface area contributed by atoms with Gasteiger partial charge in [-0.15, -0.1) is 0 Å². The molecule has 1 fully saturated rings. The largest absolute Gasteiger partial charge is 0.508 e. The van der Waals surface area contributed by atoms with Crippen LogP contribution in [0, 0.1) is 0 Å². The number of nitrogens with zero attached hydrogens (tertiary/aromatic N) is 1. The Morgan fingerprint density at radius 2 is 2.11 bits per heavy atom. The summed E-state index contributed by atoms with van der Waals surface area (Å²) in [6, 6.07) is 6.95. The van der Waals surface area contributed by atoms with Gasteiger partial charge in [0.25, 0.3) is 0 Å². The predicted octanol–water partition coefficient (Wildman–Crippen LogP) is 2.10. The van der Waals surface area contributed by atoms with E-state index in [0.29, 0.717) is 13.0 Å². The Balaban J connectivity index is 2.17. The van der Waals surface area contributed by atoms with Crippen LogP contribution < -0.4 is 0 Å². The summed E-state index contributed by atoms with van der Waals surface area (Å²) < 4.78 is 25.9. The summed E-state index contributed by atoms with van der Waals surface area (Å²) in [6.45, 7) is 2.23. The first kappa shape index (κ1) is 13.4. The zero-order valence-electron chi connectivity index (χ0n) is 10.5. The van der Waals surface area contributed by atoms with Crippen LogP contribution in [-0.4, -0.2) is 29.6 Å². The molecule has 0 spiro atoms. The van der Waals surface area contributed by atoms with Gasteiger partial charge in [0.05, 0.1) is 5.75 Å². The normalized spacial score (nSPS) is 16.1. The average Bonchev–Trinajstić information content (AvgIpc) is 3.09. The Hall–Kier alpha value is -1.07. The summed E-state index contributed by atoms with van der Waals surface area (Å²) in [4.78, 5) is 0. The molecule has 0 saturated heterocycles. The fraction of sp³-hybridized carbons (Fsp3) is 0.538. The van der Waals surface area contributed by atoms with Crippen LogP contribution in [0.15, 0.2) is 24.3 Å². The van der Waals surface area contributed by atoms with Crippen molar-refractivity contribution in [1.82, 2.24) is 4.31 Å². The predicted molar refractivity (Wildman–Crippen MR) is 70.7 cm³/mol. The molecule has 1 aromatic rings. The second-order valence-corrected chi connectivity index (χ2v) is 6.80. The lowest BCUT2D eigenvalue weighted by atomic mass is 10.2. The van der Waals surface area contributed by atoms with Crippen LogP contribution in [0.3, 0.4) is 0 Å². The lowest BCUT2D eigenvalue weighted by molar-refractivity contribution is 0.396. The van der Waals surface area contributed by atoms with Crippen molar-refractivity contribution in [2.45, 2.75) is 38.8 Å². The SMILES string of the molecule is CCCS(=O)(=O)N(Cc1cccc(O)c1)C1CC1. The lowest BCUT2D eigenvalue weighted by Gasteiger charge is -2.21. The molecular weight excluding hydrogens is 250 g/mol. The van der Waals surface area contributed by atoms with E-state index < -0.39 is 10.0 Å². The fourth-order valence-electron chi connectivity index (χ4n) is 2.03. The molecule has 18 heavy (non-hydrogen) atoms.